The number of fused-ring (bicyclic) bond motifs is 4. The number of hydrogen-bond acceptors (Lipinski definition) is 9. The highest BCUT2D eigenvalue weighted by molar-refractivity contribution is 5.97. The van der Waals surface area contributed by atoms with E-state index in [1.807, 2.05) is 37.3 Å². The van der Waals surface area contributed by atoms with E-state index in [4.69, 9.17) is 4.74 Å². The van der Waals surface area contributed by atoms with Gasteiger partial charge in [0.25, 0.3) is 0 Å². The first kappa shape index (κ1) is 38.5. The molecule has 2 heterocycles. The van der Waals surface area contributed by atoms with Gasteiger partial charge >= 0.3 is 0 Å². The molecule has 0 spiro atoms. The second-order valence-corrected chi connectivity index (χ2v) is 13.2. The van der Waals surface area contributed by atoms with E-state index in [0.29, 0.717) is 30.0 Å². The Morgan fingerprint density at radius 1 is 0.961 bits per heavy atom. The predicted octanol–water partition coefficient (Wildman–Crippen LogP) is 0.692. The highest BCUT2D eigenvalue weighted by Gasteiger charge is 2.35. The van der Waals surface area contributed by atoms with Gasteiger partial charge in [0.2, 0.25) is 29.5 Å². The third-order valence-corrected chi connectivity index (χ3v) is 8.35. The molecule has 4 bridgehead atoms. The highest BCUT2D eigenvalue weighted by atomic mass is 16.5. The Kier molecular flexibility index (Phi) is 13.6. The Hall–Kier alpha value is -5.31. The van der Waals surface area contributed by atoms with E-state index in [1.165, 1.54) is 20.8 Å². The monoisotopic (exact) mass is 704 g/mol. The van der Waals surface area contributed by atoms with Crippen molar-refractivity contribution in [3.05, 3.63) is 77.6 Å². The van der Waals surface area contributed by atoms with Crippen LogP contribution in [0.1, 0.15) is 63.8 Å². The molecule has 15 nitrogen and oxygen atoms in total. The fourth-order valence-corrected chi connectivity index (χ4v) is 5.46. The zero-order valence-electron chi connectivity index (χ0n) is 29.5. The summed E-state index contributed by atoms with van der Waals surface area (Å²) < 4.78 is 7.45. The van der Waals surface area contributed by atoms with E-state index in [0.717, 1.165) is 12.0 Å². The lowest BCUT2D eigenvalue weighted by molar-refractivity contribution is -0.137. The largest absolute Gasteiger partial charge is 0.492 e. The van der Waals surface area contributed by atoms with Gasteiger partial charge in [-0.25, -0.2) is 4.68 Å². The third-order valence-electron chi connectivity index (χ3n) is 8.35. The number of benzene rings is 2. The molecule has 1 aromatic heterocycles. The summed E-state index contributed by atoms with van der Waals surface area (Å²) in [5.74, 6) is -2.48. The van der Waals surface area contributed by atoms with Crippen molar-refractivity contribution < 1.29 is 33.8 Å². The van der Waals surface area contributed by atoms with Crippen molar-refractivity contribution in [2.24, 2.45) is 0 Å². The van der Waals surface area contributed by atoms with Crippen LogP contribution in [-0.4, -0.2) is 86.0 Å². The quantitative estimate of drug-likeness (QED) is 0.213. The average Bonchev–Trinajstić information content (AvgIpc) is 3.54. The van der Waals surface area contributed by atoms with Gasteiger partial charge in [0, 0.05) is 6.42 Å². The molecule has 1 aliphatic heterocycles. The van der Waals surface area contributed by atoms with E-state index in [2.05, 4.69) is 36.9 Å². The molecule has 0 aliphatic carbocycles. The molecule has 4 atom stereocenters. The topological polar surface area (TPSA) is 206 Å². The SMILES string of the molecule is CCCC[C@@H]1NC(=O)C(C)(C)NC(=O)Cc2cccc(c2)OCCn2cc(nn2)CNC(=O)[C@H](Cc2ccccc2)NC(=O)[C@H]([C@@H](C)O)NC1=O. The Bertz CT molecular complexity index is 1660. The molecule has 1 aliphatic rings. The van der Waals surface area contributed by atoms with Crippen LogP contribution in [0.2, 0.25) is 0 Å². The molecular weight excluding hydrogens is 656 g/mol. The maximum Gasteiger partial charge on any atom is 0.245 e. The van der Waals surface area contributed by atoms with Crippen LogP contribution in [0.25, 0.3) is 0 Å². The molecule has 0 fully saturated rings. The van der Waals surface area contributed by atoms with Crippen LogP contribution >= 0.6 is 0 Å². The van der Waals surface area contributed by atoms with Crippen LogP contribution in [-0.2, 0) is 49.9 Å². The first-order chi connectivity index (χ1) is 24.3. The van der Waals surface area contributed by atoms with E-state index < -0.39 is 59.3 Å². The molecule has 5 amide bonds. The maximum absolute atomic E-state index is 13.6. The number of hydrogen-bond donors (Lipinski definition) is 6. The van der Waals surface area contributed by atoms with Crippen LogP contribution in [0.5, 0.6) is 5.75 Å². The summed E-state index contributed by atoms with van der Waals surface area (Å²) in [4.78, 5) is 67.3. The Morgan fingerprint density at radius 3 is 2.45 bits per heavy atom. The number of nitrogens with zero attached hydrogens (tertiary/aromatic N) is 3. The fraction of sp³-hybridized carbons (Fsp3) is 0.472. The predicted molar refractivity (Wildman–Crippen MR) is 187 cm³/mol. The summed E-state index contributed by atoms with van der Waals surface area (Å²) in [5.41, 5.74) is 0.508. The normalized spacial score (nSPS) is 21.7. The molecule has 6 N–H and O–H groups in total. The van der Waals surface area contributed by atoms with Crippen molar-refractivity contribution in [3.63, 3.8) is 0 Å². The molecule has 274 valence electrons. The van der Waals surface area contributed by atoms with Crippen LogP contribution < -0.4 is 31.3 Å². The van der Waals surface area contributed by atoms with Crippen molar-refractivity contribution >= 4 is 29.5 Å². The van der Waals surface area contributed by atoms with Crippen molar-refractivity contribution in [2.45, 2.75) is 103 Å². The van der Waals surface area contributed by atoms with Gasteiger partial charge in [-0.2, -0.15) is 0 Å². The van der Waals surface area contributed by atoms with Gasteiger partial charge in [0.05, 0.1) is 31.8 Å². The molecule has 0 radical (unpaired) electrons. The standard InChI is InChI=1S/C36H48N8O7/c1-5-6-15-28-33(48)40-31(23(2)45)34(49)38-29(19-24-11-8-7-9-12-24)32(47)37-21-26-22-44(43-42-26)16-17-51-27-14-10-13-25(18-27)20-30(46)41-36(3,4)35(50)39-28/h7-14,18,22-23,28-29,31,45H,5-6,15-17,19-21H2,1-4H3,(H,37,47)(H,38,49)(H,39,50)(H,40,48)(H,41,46)/t23-,28+,29+,31+/m1/s1. The molecule has 0 saturated carbocycles. The van der Waals surface area contributed by atoms with Gasteiger partial charge in [0.1, 0.15) is 41.7 Å². The smallest absolute Gasteiger partial charge is 0.245 e. The average molecular weight is 705 g/mol. The number of carbonyl (C=O) groups is 5. The van der Waals surface area contributed by atoms with Gasteiger partial charge in [-0.15, -0.1) is 5.10 Å². The van der Waals surface area contributed by atoms with Crippen LogP contribution in [0, 0.1) is 0 Å². The van der Waals surface area contributed by atoms with E-state index in [-0.39, 0.29) is 32.4 Å². The Morgan fingerprint density at radius 2 is 1.73 bits per heavy atom. The summed E-state index contributed by atoms with van der Waals surface area (Å²) in [5, 5.41) is 32.4. The molecule has 0 unspecified atom stereocenters. The number of aliphatic hydroxyl groups is 1. The molecular formula is C36H48N8O7. The summed E-state index contributed by atoms with van der Waals surface area (Å²) in [7, 11) is 0. The van der Waals surface area contributed by atoms with Gasteiger partial charge in [0.15, 0.2) is 0 Å². The third kappa shape index (κ3) is 11.6. The summed E-state index contributed by atoms with van der Waals surface area (Å²) in [6.07, 6.45) is 1.94. The first-order valence-corrected chi connectivity index (χ1v) is 17.2. The zero-order valence-corrected chi connectivity index (χ0v) is 29.5. The second kappa shape index (κ2) is 18.1. The molecule has 2 aromatic carbocycles. The Balaban J connectivity index is 1.62. The second-order valence-electron chi connectivity index (χ2n) is 13.2. The summed E-state index contributed by atoms with van der Waals surface area (Å²) >= 11 is 0. The minimum Gasteiger partial charge on any atom is -0.492 e. The van der Waals surface area contributed by atoms with Crippen molar-refractivity contribution in [1.82, 2.24) is 41.6 Å². The number of aromatic nitrogens is 3. The number of nitrogens with one attached hydrogen (secondary N) is 5. The lowest BCUT2D eigenvalue weighted by atomic mass is 10.0. The first-order valence-electron chi connectivity index (χ1n) is 17.2. The van der Waals surface area contributed by atoms with Crippen molar-refractivity contribution in [3.8, 4) is 5.75 Å². The molecule has 4 rings (SSSR count). The molecule has 15 heteroatoms. The number of ether oxygens (including phenoxy) is 1. The minimum atomic E-state index is -1.45. The molecule has 51 heavy (non-hydrogen) atoms. The number of carbonyl (C=O) groups excluding carboxylic acids is 5. The number of rotatable bonds is 6. The molecule has 0 saturated heterocycles. The van der Waals surface area contributed by atoms with E-state index >= 15 is 0 Å². The lowest BCUT2D eigenvalue weighted by Gasteiger charge is -2.30. The highest BCUT2D eigenvalue weighted by Crippen LogP contribution is 2.15. The summed E-state index contributed by atoms with van der Waals surface area (Å²) in [6.45, 7) is 6.96. The van der Waals surface area contributed by atoms with Crippen LogP contribution in [0.15, 0.2) is 60.8 Å². The van der Waals surface area contributed by atoms with Gasteiger partial charge in [-0.3, -0.25) is 24.0 Å². The van der Waals surface area contributed by atoms with Gasteiger partial charge in [-0.05, 0) is 50.5 Å². The van der Waals surface area contributed by atoms with Gasteiger partial charge in [-0.1, -0.05) is 67.4 Å². The number of amides is 5. The van der Waals surface area contributed by atoms with Gasteiger partial charge < -0.3 is 36.4 Å². The summed E-state index contributed by atoms with van der Waals surface area (Å²) in [6, 6.07) is 12.5. The van der Waals surface area contributed by atoms with Crippen LogP contribution in [0.4, 0.5) is 0 Å². The van der Waals surface area contributed by atoms with Crippen molar-refractivity contribution in [2.75, 3.05) is 6.61 Å². The van der Waals surface area contributed by atoms with Crippen LogP contribution in [0.3, 0.4) is 0 Å². The lowest BCUT2D eigenvalue weighted by Crippen LogP contribution is -2.62. The number of unbranched alkanes of at least 4 members (excludes halogenated alkanes) is 1. The molecule has 3 aromatic rings. The Labute approximate surface area is 297 Å². The fourth-order valence-electron chi connectivity index (χ4n) is 5.46. The van der Waals surface area contributed by atoms with E-state index in [1.54, 1.807) is 35.1 Å². The number of aliphatic hydroxyl groups excluding tert-OH is 1. The van der Waals surface area contributed by atoms with Crippen molar-refractivity contribution in [1.29, 1.82) is 0 Å². The maximum atomic E-state index is 13.6. The van der Waals surface area contributed by atoms with E-state index in [9.17, 15) is 29.1 Å². The minimum absolute atomic E-state index is 0.0245. The zero-order chi connectivity index (χ0) is 37.0.